The number of hydrogen-bond acceptors (Lipinski definition) is 5. The van der Waals surface area contributed by atoms with E-state index in [1.165, 1.54) is 12.3 Å². The summed E-state index contributed by atoms with van der Waals surface area (Å²) in [6.07, 6.45) is 4.36. The van der Waals surface area contributed by atoms with Gasteiger partial charge in [-0.15, -0.1) is 0 Å². The molecule has 1 fully saturated rings. The fraction of sp³-hybridized carbons (Fsp3) is 0.360. The summed E-state index contributed by atoms with van der Waals surface area (Å²) < 4.78 is 25.5. The number of carbonyl (C=O) groups excluding carboxylic acids is 2. The molecule has 164 valence electrons. The third-order valence-corrected chi connectivity index (χ3v) is 4.82. The number of ether oxygens (including phenoxy) is 2. The Morgan fingerprint density at radius 3 is 2.74 bits per heavy atom. The second kappa shape index (κ2) is 9.88. The molecular formula is C25H28FNO4. The highest BCUT2D eigenvalue weighted by Gasteiger charge is 2.22. The van der Waals surface area contributed by atoms with Crippen LogP contribution >= 0.6 is 0 Å². The summed E-state index contributed by atoms with van der Waals surface area (Å²) in [4.78, 5) is 24.0. The summed E-state index contributed by atoms with van der Waals surface area (Å²) in [7, 11) is 0. The van der Waals surface area contributed by atoms with Crippen molar-refractivity contribution in [3.8, 4) is 16.9 Å². The average Bonchev–Trinajstić information content (AvgIpc) is 2.69. The summed E-state index contributed by atoms with van der Waals surface area (Å²) in [6.45, 7) is 6.14. The lowest BCUT2D eigenvalue weighted by molar-refractivity contribution is -0.148. The van der Waals surface area contributed by atoms with Crippen LogP contribution in [0.15, 0.2) is 54.8 Å². The van der Waals surface area contributed by atoms with E-state index in [2.05, 4.69) is 5.32 Å². The zero-order valence-corrected chi connectivity index (χ0v) is 18.1. The zero-order valence-electron chi connectivity index (χ0n) is 18.1. The molecule has 1 aliphatic heterocycles. The van der Waals surface area contributed by atoms with Crippen molar-refractivity contribution in [1.29, 1.82) is 0 Å². The quantitative estimate of drug-likeness (QED) is 0.417. The van der Waals surface area contributed by atoms with Crippen molar-refractivity contribution >= 4 is 11.8 Å². The SMILES string of the molecule is CC(C)(C)OC(=O)/C=C/Oc1cccc(F)c1-c1cccc(CC2NCCCC2=O)c1. The molecule has 0 aromatic heterocycles. The maximum absolute atomic E-state index is 14.7. The van der Waals surface area contributed by atoms with Gasteiger partial charge in [0.2, 0.25) is 0 Å². The third-order valence-electron chi connectivity index (χ3n) is 4.82. The van der Waals surface area contributed by atoms with E-state index < -0.39 is 17.4 Å². The molecule has 3 rings (SSSR count). The van der Waals surface area contributed by atoms with Gasteiger partial charge in [-0.25, -0.2) is 9.18 Å². The average molecular weight is 426 g/mol. The number of hydrogen-bond donors (Lipinski definition) is 1. The Bertz CT molecular complexity index is 978. The maximum Gasteiger partial charge on any atom is 0.334 e. The van der Waals surface area contributed by atoms with Crippen LogP contribution < -0.4 is 10.1 Å². The smallest absolute Gasteiger partial charge is 0.334 e. The van der Waals surface area contributed by atoms with Crippen LogP contribution in [0.2, 0.25) is 0 Å². The number of nitrogens with one attached hydrogen (secondary N) is 1. The van der Waals surface area contributed by atoms with E-state index in [1.54, 1.807) is 39.0 Å². The summed E-state index contributed by atoms with van der Waals surface area (Å²) in [5, 5.41) is 3.25. The van der Waals surface area contributed by atoms with Gasteiger partial charge in [0.15, 0.2) is 0 Å². The number of ketones is 1. The molecule has 1 atom stereocenters. The predicted molar refractivity (Wildman–Crippen MR) is 117 cm³/mol. The number of esters is 1. The van der Waals surface area contributed by atoms with Crippen molar-refractivity contribution in [3.05, 3.63) is 66.2 Å². The predicted octanol–water partition coefficient (Wildman–Crippen LogP) is 4.59. The maximum atomic E-state index is 14.7. The van der Waals surface area contributed by atoms with Crippen LogP contribution in [0.4, 0.5) is 4.39 Å². The van der Waals surface area contributed by atoms with E-state index in [4.69, 9.17) is 9.47 Å². The van der Waals surface area contributed by atoms with Crippen LogP contribution in [0.1, 0.15) is 39.2 Å². The molecule has 1 N–H and O–H groups in total. The van der Waals surface area contributed by atoms with Crippen LogP contribution in [0.5, 0.6) is 5.75 Å². The zero-order chi connectivity index (χ0) is 22.4. The fourth-order valence-corrected chi connectivity index (χ4v) is 3.48. The molecule has 1 saturated heterocycles. The molecule has 0 radical (unpaired) electrons. The molecule has 0 spiro atoms. The molecule has 5 nitrogen and oxygen atoms in total. The van der Waals surface area contributed by atoms with Crippen molar-refractivity contribution < 1.29 is 23.5 Å². The normalized spacial score (nSPS) is 17.0. The Labute approximate surface area is 182 Å². The number of Topliss-reactive ketones (excluding diaryl/α,β-unsaturated/α-hetero) is 1. The first-order valence-corrected chi connectivity index (χ1v) is 10.4. The van der Waals surface area contributed by atoms with Crippen molar-refractivity contribution in [2.75, 3.05) is 6.54 Å². The van der Waals surface area contributed by atoms with Crippen LogP contribution in [-0.4, -0.2) is 29.9 Å². The van der Waals surface area contributed by atoms with Crippen LogP contribution in [-0.2, 0) is 20.7 Å². The monoisotopic (exact) mass is 425 g/mol. The molecule has 0 amide bonds. The standard InChI is InChI=1S/C25H28FNO4/c1-25(2,3)31-23(29)12-14-30-22-11-5-9-19(26)24(22)18-8-4-7-17(15-18)16-20-21(28)10-6-13-27-20/h4-5,7-9,11-12,14-15,20,27H,6,10,13,16H2,1-3H3/b14-12+. The Morgan fingerprint density at radius 1 is 1.23 bits per heavy atom. The summed E-state index contributed by atoms with van der Waals surface area (Å²) in [5.74, 6) is -0.494. The van der Waals surface area contributed by atoms with Crippen LogP contribution in [0.25, 0.3) is 11.1 Å². The van der Waals surface area contributed by atoms with Gasteiger partial charge in [-0.05, 0) is 63.4 Å². The van der Waals surface area contributed by atoms with Gasteiger partial charge in [-0.2, -0.15) is 0 Å². The fourth-order valence-electron chi connectivity index (χ4n) is 3.48. The van der Waals surface area contributed by atoms with Gasteiger partial charge in [0.25, 0.3) is 0 Å². The molecule has 2 aromatic rings. The van der Waals surface area contributed by atoms with Gasteiger partial charge in [0, 0.05) is 6.42 Å². The highest BCUT2D eigenvalue weighted by atomic mass is 19.1. The Hall–Kier alpha value is -2.99. The lowest BCUT2D eigenvalue weighted by Gasteiger charge is -2.22. The molecular weight excluding hydrogens is 397 g/mol. The lowest BCUT2D eigenvalue weighted by atomic mass is 9.94. The largest absolute Gasteiger partial charge is 0.464 e. The van der Waals surface area contributed by atoms with E-state index in [-0.39, 0.29) is 17.6 Å². The highest BCUT2D eigenvalue weighted by molar-refractivity contribution is 5.85. The first-order valence-electron chi connectivity index (χ1n) is 10.4. The summed E-state index contributed by atoms with van der Waals surface area (Å²) in [6, 6.07) is 11.8. The number of benzene rings is 2. The first kappa shape index (κ1) is 22.7. The number of rotatable bonds is 6. The molecule has 1 heterocycles. The van der Waals surface area contributed by atoms with Crippen molar-refractivity contribution in [2.24, 2.45) is 0 Å². The van der Waals surface area contributed by atoms with E-state index in [9.17, 15) is 14.0 Å². The van der Waals surface area contributed by atoms with Gasteiger partial charge in [0.05, 0.1) is 23.9 Å². The van der Waals surface area contributed by atoms with Crippen LogP contribution in [0, 0.1) is 5.82 Å². The van der Waals surface area contributed by atoms with E-state index in [1.807, 2.05) is 18.2 Å². The Balaban J connectivity index is 1.80. The Morgan fingerprint density at radius 2 is 2.00 bits per heavy atom. The first-order chi connectivity index (χ1) is 14.7. The van der Waals surface area contributed by atoms with Crippen LogP contribution in [0.3, 0.4) is 0 Å². The minimum atomic E-state index is -0.611. The number of halogens is 1. The number of carbonyl (C=O) groups is 2. The van der Waals surface area contributed by atoms with E-state index >= 15 is 0 Å². The topological polar surface area (TPSA) is 64.6 Å². The third kappa shape index (κ3) is 6.49. The molecule has 2 aromatic carbocycles. The van der Waals surface area contributed by atoms with Gasteiger partial charge in [0.1, 0.15) is 23.0 Å². The van der Waals surface area contributed by atoms with E-state index in [0.29, 0.717) is 24.0 Å². The minimum absolute atomic E-state index is 0.207. The second-order valence-electron chi connectivity index (χ2n) is 8.55. The molecule has 0 bridgehead atoms. The summed E-state index contributed by atoms with van der Waals surface area (Å²) in [5.41, 5.74) is 1.25. The van der Waals surface area contributed by atoms with Gasteiger partial charge in [-0.3, -0.25) is 4.79 Å². The molecule has 0 aliphatic carbocycles. The minimum Gasteiger partial charge on any atom is -0.464 e. The molecule has 1 unspecified atom stereocenters. The molecule has 6 heteroatoms. The highest BCUT2D eigenvalue weighted by Crippen LogP contribution is 2.33. The molecule has 0 saturated carbocycles. The van der Waals surface area contributed by atoms with E-state index in [0.717, 1.165) is 24.6 Å². The van der Waals surface area contributed by atoms with Crippen molar-refractivity contribution in [3.63, 3.8) is 0 Å². The Kier molecular flexibility index (Phi) is 7.23. The summed E-state index contributed by atoms with van der Waals surface area (Å²) >= 11 is 0. The lowest BCUT2D eigenvalue weighted by Crippen LogP contribution is -2.43. The molecule has 31 heavy (non-hydrogen) atoms. The second-order valence-corrected chi connectivity index (χ2v) is 8.55. The van der Waals surface area contributed by atoms with Crippen molar-refractivity contribution in [1.82, 2.24) is 5.32 Å². The molecule has 1 aliphatic rings. The number of piperidine rings is 1. The van der Waals surface area contributed by atoms with Gasteiger partial charge in [-0.1, -0.05) is 30.3 Å². The van der Waals surface area contributed by atoms with Gasteiger partial charge >= 0.3 is 5.97 Å². The van der Waals surface area contributed by atoms with Crippen molar-refractivity contribution in [2.45, 2.75) is 51.7 Å². The van der Waals surface area contributed by atoms with Gasteiger partial charge < -0.3 is 14.8 Å².